The van der Waals surface area contributed by atoms with Crippen LogP contribution in [0, 0.1) is 5.92 Å². The predicted molar refractivity (Wildman–Crippen MR) is 66.9 cm³/mol. The summed E-state index contributed by atoms with van der Waals surface area (Å²) in [5.74, 6) is -1.19. The molecule has 1 aromatic carbocycles. The molecule has 0 unspecified atom stereocenters. The van der Waals surface area contributed by atoms with Crippen molar-refractivity contribution in [3.63, 3.8) is 0 Å². The molecule has 0 radical (unpaired) electrons. The van der Waals surface area contributed by atoms with Crippen molar-refractivity contribution >= 4 is 11.8 Å². The second kappa shape index (κ2) is 5.31. The minimum atomic E-state index is -0.685. The molecule has 1 aliphatic heterocycles. The monoisotopic (exact) mass is 247 g/mol. The summed E-state index contributed by atoms with van der Waals surface area (Å²) >= 11 is 0. The van der Waals surface area contributed by atoms with Crippen molar-refractivity contribution in [2.24, 2.45) is 5.92 Å². The Morgan fingerprint density at radius 1 is 1.33 bits per heavy atom. The lowest BCUT2D eigenvalue weighted by Gasteiger charge is -2.33. The molecule has 1 fully saturated rings. The number of esters is 1. The van der Waals surface area contributed by atoms with Gasteiger partial charge >= 0.3 is 5.97 Å². The van der Waals surface area contributed by atoms with Crippen molar-refractivity contribution in [3.05, 3.63) is 35.9 Å². The molecule has 1 saturated heterocycles. The number of methoxy groups -OCH3 is 1. The summed E-state index contributed by atoms with van der Waals surface area (Å²) in [7, 11) is 1.31. The van der Waals surface area contributed by atoms with Crippen LogP contribution < -0.4 is 5.32 Å². The van der Waals surface area contributed by atoms with E-state index in [9.17, 15) is 9.59 Å². The van der Waals surface area contributed by atoms with Crippen LogP contribution in [0.5, 0.6) is 0 Å². The first-order valence-electron chi connectivity index (χ1n) is 6.05. The second-order valence-corrected chi connectivity index (χ2v) is 4.59. The summed E-state index contributed by atoms with van der Waals surface area (Å²) in [6.07, 6.45) is 0.327. The van der Waals surface area contributed by atoms with Crippen LogP contribution >= 0.6 is 0 Å². The summed E-state index contributed by atoms with van der Waals surface area (Å²) in [5, 5.41) is 3.31. The van der Waals surface area contributed by atoms with Gasteiger partial charge in [0.15, 0.2) is 5.78 Å². The molecule has 2 rings (SSSR count). The minimum Gasteiger partial charge on any atom is -0.468 e. The molecule has 4 heteroatoms. The largest absolute Gasteiger partial charge is 0.468 e. The molecule has 1 heterocycles. The Hall–Kier alpha value is -1.68. The molecule has 0 spiro atoms. The summed E-state index contributed by atoms with van der Waals surface area (Å²) in [5.41, 5.74) is 1.07. The molecular weight excluding hydrogens is 230 g/mol. The molecule has 3 atom stereocenters. The Kier molecular flexibility index (Phi) is 3.77. The van der Waals surface area contributed by atoms with Gasteiger partial charge in [-0.15, -0.1) is 0 Å². The molecular formula is C14H17NO3. The fraction of sp³-hybridized carbons (Fsp3) is 0.429. The van der Waals surface area contributed by atoms with Crippen molar-refractivity contribution in [1.82, 2.24) is 5.32 Å². The van der Waals surface area contributed by atoms with Gasteiger partial charge in [0.25, 0.3) is 0 Å². The smallest absolute Gasteiger partial charge is 0.317 e. The Labute approximate surface area is 106 Å². The van der Waals surface area contributed by atoms with Crippen LogP contribution in [0.15, 0.2) is 30.3 Å². The maximum atomic E-state index is 12.0. The normalized spacial score (nSPS) is 27.9. The maximum absolute atomic E-state index is 12.0. The molecule has 96 valence electrons. The predicted octanol–water partition coefficient (Wildman–Crippen LogP) is 1.47. The first-order chi connectivity index (χ1) is 8.63. The zero-order chi connectivity index (χ0) is 13.1. The molecule has 18 heavy (non-hydrogen) atoms. The van der Waals surface area contributed by atoms with Gasteiger partial charge in [-0.05, 0) is 12.5 Å². The van der Waals surface area contributed by atoms with Gasteiger partial charge in [0.05, 0.1) is 7.11 Å². The minimum absolute atomic E-state index is 0.0189. The standard InChI is InChI=1S/C14H17NO3/c1-9-13(14(17)18-2)12(16)8-11(15-9)10-6-4-3-5-7-10/h3-7,9,11,13,15H,8H2,1-2H3/t9-,11-,13-/m0/s1. The fourth-order valence-electron chi connectivity index (χ4n) is 2.44. The number of hydrogen-bond donors (Lipinski definition) is 1. The molecule has 1 N–H and O–H groups in total. The van der Waals surface area contributed by atoms with Crippen LogP contribution in [0.4, 0.5) is 0 Å². The molecule has 4 nitrogen and oxygen atoms in total. The third-order valence-corrected chi connectivity index (χ3v) is 3.37. The van der Waals surface area contributed by atoms with Crippen LogP contribution in [0.1, 0.15) is 24.9 Å². The Balaban J connectivity index is 2.15. The van der Waals surface area contributed by atoms with Crippen LogP contribution in [0.2, 0.25) is 0 Å². The van der Waals surface area contributed by atoms with E-state index in [-0.39, 0.29) is 17.9 Å². The highest BCUT2D eigenvalue weighted by atomic mass is 16.5. The van der Waals surface area contributed by atoms with Crippen LogP contribution in [0.3, 0.4) is 0 Å². The van der Waals surface area contributed by atoms with E-state index in [0.29, 0.717) is 6.42 Å². The number of benzene rings is 1. The summed E-state index contributed by atoms with van der Waals surface area (Å²) < 4.78 is 4.67. The molecule has 0 bridgehead atoms. The van der Waals surface area contributed by atoms with Crippen LogP contribution in [-0.4, -0.2) is 24.9 Å². The number of ether oxygens (including phenoxy) is 1. The van der Waals surface area contributed by atoms with E-state index in [1.54, 1.807) is 0 Å². The van der Waals surface area contributed by atoms with Gasteiger partial charge in [-0.1, -0.05) is 30.3 Å². The lowest BCUT2D eigenvalue weighted by Crippen LogP contribution is -2.50. The molecule has 0 saturated carbocycles. The van der Waals surface area contributed by atoms with Crippen molar-refractivity contribution < 1.29 is 14.3 Å². The SMILES string of the molecule is COC(=O)[C@@H]1C(=O)C[C@@H](c2ccccc2)N[C@H]1C. The molecule has 0 aromatic heterocycles. The van der Waals surface area contributed by atoms with E-state index in [1.165, 1.54) is 7.11 Å². The molecule has 1 aromatic rings. The summed E-state index contributed by atoms with van der Waals surface area (Å²) in [6, 6.07) is 9.57. The van der Waals surface area contributed by atoms with Gasteiger partial charge in [0.2, 0.25) is 0 Å². The highest BCUT2D eigenvalue weighted by Gasteiger charge is 2.39. The van der Waals surface area contributed by atoms with Crippen molar-refractivity contribution in [2.45, 2.75) is 25.4 Å². The first-order valence-corrected chi connectivity index (χ1v) is 6.05. The summed E-state index contributed by atoms with van der Waals surface area (Å²) in [6.45, 7) is 1.84. The molecule has 0 aliphatic carbocycles. The van der Waals surface area contributed by atoms with Gasteiger partial charge < -0.3 is 10.1 Å². The van der Waals surface area contributed by atoms with Crippen molar-refractivity contribution in [2.75, 3.05) is 7.11 Å². The third-order valence-electron chi connectivity index (χ3n) is 3.37. The topological polar surface area (TPSA) is 55.4 Å². The van der Waals surface area contributed by atoms with Gasteiger partial charge in [-0.3, -0.25) is 9.59 Å². The zero-order valence-electron chi connectivity index (χ0n) is 10.6. The lowest BCUT2D eigenvalue weighted by molar-refractivity contribution is -0.152. The second-order valence-electron chi connectivity index (χ2n) is 4.59. The summed E-state index contributed by atoms with van der Waals surface area (Å²) in [4.78, 5) is 23.6. The van der Waals surface area contributed by atoms with Crippen molar-refractivity contribution in [3.8, 4) is 0 Å². The number of piperidine rings is 1. The number of carbonyl (C=O) groups is 2. The van der Waals surface area contributed by atoms with Gasteiger partial charge in [0.1, 0.15) is 5.92 Å². The van der Waals surface area contributed by atoms with Crippen molar-refractivity contribution in [1.29, 1.82) is 0 Å². The number of carbonyl (C=O) groups excluding carboxylic acids is 2. The number of nitrogens with one attached hydrogen (secondary N) is 1. The van der Waals surface area contributed by atoms with Crippen LogP contribution in [-0.2, 0) is 14.3 Å². The zero-order valence-corrected chi connectivity index (χ0v) is 10.6. The lowest BCUT2D eigenvalue weighted by atomic mass is 9.85. The van der Waals surface area contributed by atoms with Gasteiger partial charge in [0, 0.05) is 18.5 Å². The fourth-order valence-corrected chi connectivity index (χ4v) is 2.44. The average Bonchev–Trinajstić information content (AvgIpc) is 2.38. The number of rotatable bonds is 2. The van der Waals surface area contributed by atoms with Gasteiger partial charge in [-0.2, -0.15) is 0 Å². The highest BCUT2D eigenvalue weighted by molar-refractivity contribution is 6.00. The Bertz CT molecular complexity index is 444. The number of ketones is 1. The Morgan fingerprint density at radius 2 is 2.00 bits per heavy atom. The van der Waals surface area contributed by atoms with E-state index >= 15 is 0 Å². The number of hydrogen-bond acceptors (Lipinski definition) is 4. The Morgan fingerprint density at radius 3 is 2.56 bits per heavy atom. The van der Waals surface area contributed by atoms with Crippen LogP contribution in [0.25, 0.3) is 0 Å². The maximum Gasteiger partial charge on any atom is 0.317 e. The third kappa shape index (κ3) is 2.43. The molecule has 1 aliphatic rings. The van der Waals surface area contributed by atoms with E-state index in [0.717, 1.165) is 5.56 Å². The van der Waals surface area contributed by atoms with E-state index in [2.05, 4.69) is 10.1 Å². The van der Waals surface area contributed by atoms with Gasteiger partial charge in [-0.25, -0.2) is 0 Å². The van der Waals surface area contributed by atoms with E-state index in [1.807, 2.05) is 37.3 Å². The van der Waals surface area contributed by atoms with E-state index in [4.69, 9.17) is 0 Å². The quantitative estimate of drug-likeness (QED) is 0.635. The molecule has 0 amide bonds. The average molecular weight is 247 g/mol. The first kappa shape index (κ1) is 12.8. The number of Topliss-reactive ketones (excluding diaryl/α,β-unsaturated/α-hetero) is 1. The highest BCUT2D eigenvalue weighted by Crippen LogP contribution is 2.27. The van der Waals surface area contributed by atoms with E-state index < -0.39 is 11.9 Å².